The highest BCUT2D eigenvalue weighted by atomic mass is 32.1. The number of benzene rings is 1. The van der Waals surface area contributed by atoms with Gasteiger partial charge in [-0.1, -0.05) is 6.07 Å². The third-order valence-corrected chi connectivity index (χ3v) is 5.16. The first kappa shape index (κ1) is 17.0. The van der Waals surface area contributed by atoms with Crippen LogP contribution in [0.5, 0.6) is 5.75 Å². The Morgan fingerprint density at radius 2 is 2.19 bits per heavy atom. The van der Waals surface area contributed by atoms with Gasteiger partial charge in [0.25, 0.3) is 5.69 Å². The molecule has 3 aromatic rings. The van der Waals surface area contributed by atoms with Gasteiger partial charge in [-0.3, -0.25) is 14.9 Å². The van der Waals surface area contributed by atoms with Crippen molar-refractivity contribution in [3.63, 3.8) is 0 Å². The van der Waals surface area contributed by atoms with Crippen molar-refractivity contribution >= 4 is 28.6 Å². The second-order valence-corrected chi connectivity index (χ2v) is 6.82. The lowest BCUT2D eigenvalue weighted by atomic mass is 9.99. The average molecular weight is 383 g/mol. The van der Waals surface area contributed by atoms with Gasteiger partial charge in [0.2, 0.25) is 0 Å². The zero-order valence-corrected chi connectivity index (χ0v) is 14.6. The summed E-state index contributed by atoms with van der Waals surface area (Å²) in [5.41, 5.74) is 0.762. The molecule has 0 spiro atoms. The first-order valence-corrected chi connectivity index (χ1v) is 8.88. The number of aromatic hydroxyl groups is 1. The Balaban J connectivity index is 1.78. The second kappa shape index (κ2) is 6.69. The highest BCUT2D eigenvalue weighted by Gasteiger charge is 2.37. The topological polar surface area (TPSA) is 109 Å². The lowest BCUT2D eigenvalue weighted by Crippen LogP contribution is -2.26. The highest BCUT2D eigenvalue weighted by Crippen LogP contribution is 2.39. The number of carbonyl (C=O) groups excluding carboxylic acids is 1. The molecule has 0 saturated carbocycles. The number of nitrogens with zero attached hydrogens (tertiary/aromatic N) is 3. The van der Waals surface area contributed by atoms with Gasteiger partial charge in [-0.25, -0.2) is 5.01 Å². The van der Waals surface area contributed by atoms with E-state index < -0.39 is 16.9 Å². The minimum Gasteiger partial charge on any atom is -0.508 e. The van der Waals surface area contributed by atoms with Gasteiger partial charge in [-0.15, -0.1) is 11.3 Å². The van der Waals surface area contributed by atoms with Gasteiger partial charge >= 0.3 is 5.91 Å². The molecule has 1 aliphatic heterocycles. The predicted molar refractivity (Wildman–Crippen MR) is 97.9 cm³/mol. The number of phenols is 1. The Morgan fingerprint density at radius 1 is 1.33 bits per heavy atom. The third-order valence-electron chi connectivity index (χ3n) is 4.24. The van der Waals surface area contributed by atoms with E-state index in [1.165, 1.54) is 46.9 Å². The van der Waals surface area contributed by atoms with Crippen LogP contribution < -0.4 is 0 Å². The molecule has 1 unspecified atom stereocenters. The SMILES string of the molecule is O=C(c1ccco1)N1N=C(c2cccs2)CC1c1cc([N+](=O)[O-])ccc1O. The van der Waals surface area contributed by atoms with Gasteiger partial charge in [0.05, 0.1) is 27.8 Å². The van der Waals surface area contributed by atoms with Crippen LogP contribution in [0.3, 0.4) is 0 Å². The number of nitro benzene ring substituents is 1. The molecule has 9 heteroatoms. The van der Waals surface area contributed by atoms with Crippen molar-refractivity contribution in [2.75, 3.05) is 0 Å². The van der Waals surface area contributed by atoms with Crippen LogP contribution in [0.1, 0.15) is 33.5 Å². The summed E-state index contributed by atoms with van der Waals surface area (Å²) in [6.45, 7) is 0. The number of hydrazone groups is 1. The zero-order chi connectivity index (χ0) is 19.0. The number of carbonyl (C=O) groups is 1. The van der Waals surface area contributed by atoms with E-state index >= 15 is 0 Å². The van der Waals surface area contributed by atoms with Crippen LogP contribution in [0.25, 0.3) is 0 Å². The molecule has 1 aliphatic rings. The maximum absolute atomic E-state index is 12.9. The monoisotopic (exact) mass is 383 g/mol. The molecule has 1 aromatic carbocycles. The number of thiophene rings is 1. The number of hydrogen-bond acceptors (Lipinski definition) is 7. The Hall–Kier alpha value is -3.46. The summed E-state index contributed by atoms with van der Waals surface area (Å²) in [6.07, 6.45) is 1.70. The van der Waals surface area contributed by atoms with E-state index in [0.717, 1.165) is 4.88 Å². The molecule has 27 heavy (non-hydrogen) atoms. The van der Waals surface area contributed by atoms with Crippen LogP contribution in [-0.2, 0) is 0 Å². The van der Waals surface area contributed by atoms with Crippen LogP contribution in [-0.4, -0.2) is 26.7 Å². The number of rotatable bonds is 4. The summed E-state index contributed by atoms with van der Waals surface area (Å²) in [4.78, 5) is 24.3. The lowest BCUT2D eigenvalue weighted by molar-refractivity contribution is -0.385. The van der Waals surface area contributed by atoms with Gasteiger partial charge in [0, 0.05) is 24.1 Å². The maximum atomic E-state index is 12.9. The largest absolute Gasteiger partial charge is 0.508 e. The summed E-state index contributed by atoms with van der Waals surface area (Å²) in [5, 5.41) is 29.0. The second-order valence-electron chi connectivity index (χ2n) is 5.87. The van der Waals surface area contributed by atoms with Crippen molar-refractivity contribution in [1.82, 2.24) is 5.01 Å². The molecule has 0 saturated heterocycles. The molecule has 8 nitrogen and oxygen atoms in total. The summed E-state index contributed by atoms with van der Waals surface area (Å²) >= 11 is 1.48. The quantitative estimate of drug-likeness (QED) is 0.542. The van der Waals surface area contributed by atoms with E-state index in [-0.39, 0.29) is 22.8 Å². The van der Waals surface area contributed by atoms with E-state index in [9.17, 15) is 20.0 Å². The van der Waals surface area contributed by atoms with Crippen molar-refractivity contribution < 1.29 is 19.2 Å². The Labute approximate surface area is 157 Å². The van der Waals surface area contributed by atoms with Crippen LogP contribution in [0.4, 0.5) is 5.69 Å². The van der Waals surface area contributed by atoms with E-state index in [1.54, 1.807) is 6.07 Å². The number of phenolic OH excluding ortho intramolecular Hbond substituents is 1. The molecule has 0 radical (unpaired) electrons. The van der Waals surface area contributed by atoms with Gasteiger partial charge < -0.3 is 9.52 Å². The first-order chi connectivity index (χ1) is 13.0. The molecule has 0 aliphatic carbocycles. The maximum Gasteiger partial charge on any atom is 0.310 e. The number of nitro groups is 1. The predicted octanol–water partition coefficient (Wildman–Crippen LogP) is 3.95. The first-order valence-electron chi connectivity index (χ1n) is 8.00. The number of amides is 1. The summed E-state index contributed by atoms with van der Waals surface area (Å²) < 4.78 is 5.18. The van der Waals surface area contributed by atoms with Crippen LogP contribution in [0.2, 0.25) is 0 Å². The molecule has 2 aromatic heterocycles. The molecule has 136 valence electrons. The summed E-state index contributed by atoms with van der Waals surface area (Å²) in [5.74, 6) is -0.519. The highest BCUT2D eigenvalue weighted by molar-refractivity contribution is 7.12. The molecular formula is C18H13N3O5S. The fraction of sp³-hybridized carbons (Fsp3) is 0.111. The minimum absolute atomic E-state index is 0.0982. The fourth-order valence-electron chi connectivity index (χ4n) is 2.97. The van der Waals surface area contributed by atoms with Crippen LogP contribution >= 0.6 is 11.3 Å². The van der Waals surface area contributed by atoms with Crippen molar-refractivity contribution in [3.05, 3.63) is 80.4 Å². The van der Waals surface area contributed by atoms with Gasteiger partial charge in [-0.2, -0.15) is 5.10 Å². The van der Waals surface area contributed by atoms with E-state index in [2.05, 4.69) is 5.10 Å². The molecule has 1 N–H and O–H groups in total. The van der Waals surface area contributed by atoms with Gasteiger partial charge in [-0.05, 0) is 29.6 Å². The van der Waals surface area contributed by atoms with Gasteiger partial charge in [0.1, 0.15) is 5.75 Å². The third kappa shape index (κ3) is 3.08. The average Bonchev–Trinajstić information content (AvgIpc) is 3.41. The standard InChI is InChI=1S/C18H13N3O5S/c22-15-6-5-11(21(24)25)9-12(15)14-10-13(17-4-2-8-27-17)19-20(14)18(23)16-3-1-7-26-16/h1-9,14,22H,10H2. The van der Waals surface area contributed by atoms with Crippen molar-refractivity contribution in [2.24, 2.45) is 5.10 Å². The summed E-state index contributed by atoms with van der Waals surface area (Å²) in [7, 11) is 0. The van der Waals surface area contributed by atoms with E-state index in [1.807, 2.05) is 17.5 Å². The molecule has 1 atom stereocenters. The zero-order valence-electron chi connectivity index (χ0n) is 13.8. The normalized spacial score (nSPS) is 16.4. The molecule has 0 fully saturated rings. The Bertz CT molecular complexity index is 1030. The Morgan fingerprint density at radius 3 is 2.85 bits per heavy atom. The lowest BCUT2D eigenvalue weighted by Gasteiger charge is -2.21. The van der Waals surface area contributed by atoms with Crippen molar-refractivity contribution in [1.29, 1.82) is 0 Å². The Kier molecular flexibility index (Phi) is 4.21. The summed E-state index contributed by atoms with van der Waals surface area (Å²) in [6, 6.07) is 9.93. The minimum atomic E-state index is -0.681. The molecule has 4 rings (SSSR count). The smallest absolute Gasteiger partial charge is 0.310 e. The van der Waals surface area contributed by atoms with Gasteiger partial charge in [0.15, 0.2) is 5.76 Å². The molecule has 0 bridgehead atoms. The van der Waals surface area contributed by atoms with Crippen molar-refractivity contribution in [3.8, 4) is 5.75 Å². The number of non-ortho nitro benzene ring substituents is 1. The molecular weight excluding hydrogens is 370 g/mol. The van der Waals surface area contributed by atoms with E-state index in [4.69, 9.17) is 4.42 Å². The van der Waals surface area contributed by atoms with Crippen LogP contribution in [0, 0.1) is 10.1 Å². The van der Waals surface area contributed by atoms with E-state index in [0.29, 0.717) is 12.1 Å². The van der Waals surface area contributed by atoms with Crippen LogP contribution in [0.15, 0.2) is 63.6 Å². The van der Waals surface area contributed by atoms with Crippen molar-refractivity contribution in [2.45, 2.75) is 12.5 Å². The fourth-order valence-corrected chi connectivity index (χ4v) is 3.69. The molecule has 3 heterocycles. The number of hydrogen-bond donors (Lipinski definition) is 1. The number of furan rings is 1. The molecule has 1 amide bonds.